The fourth-order valence-electron chi connectivity index (χ4n) is 1.89. The van der Waals surface area contributed by atoms with Crippen molar-refractivity contribution >= 4 is 5.91 Å². The Kier molecular flexibility index (Phi) is 1.37. The van der Waals surface area contributed by atoms with E-state index < -0.39 is 0 Å². The van der Waals surface area contributed by atoms with E-state index in [1.165, 1.54) is 12.8 Å². The Balaban J connectivity index is 1.86. The molecule has 2 heteroatoms. The number of hydrogen-bond acceptors (Lipinski definition) is 1. The van der Waals surface area contributed by atoms with Crippen LogP contribution in [0.2, 0.25) is 0 Å². The van der Waals surface area contributed by atoms with E-state index in [9.17, 15) is 4.79 Å². The summed E-state index contributed by atoms with van der Waals surface area (Å²) >= 11 is 0. The van der Waals surface area contributed by atoms with Crippen LogP contribution in [0.1, 0.15) is 40.0 Å². The van der Waals surface area contributed by atoms with Crippen LogP contribution in [0.5, 0.6) is 0 Å². The van der Waals surface area contributed by atoms with E-state index in [2.05, 4.69) is 5.32 Å². The molecule has 68 valence electrons. The van der Waals surface area contributed by atoms with Crippen LogP contribution < -0.4 is 5.32 Å². The average Bonchev–Trinajstić information content (AvgIpc) is 2.70. The highest BCUT2D eigenvalue weighted by molar-refractivity contribution is 5.83. The molecule has 0 heterocycles. The summed E-state index contributed by atoms with van der Waals surface area (Å²) in [7, 11) is 0. The summed E-state index contributed by atoms with van der Waals surface area (Å²) in [5.74, 6) is 0.636. The van der Waals surface area contributed by atoms with Crippen LogP contribution in [0, 0.1) is 11.3 Å². The van der Waals surface area contributed by atoms with Crippen molar-refractivity contribution in [1.29, 1.82) is 0 Å². The molecular formula is C10H17NO. The number of carbonyl (C=O) groups is 1. The average molecular weight is 167 g/mol. The van der Waals surface area contributed by atoms with E-state index in [-0.39, 0.29) is 11.4 Å². The second-order valence-electron chi connectivity index (χ2n) is 5.36. The lowest BCUT2D eigenvalue weighted by molar-refractivity contribution is -0.124. The fourth-order valence-corrected chi connectivity index (χ4v) is 1.89. The zero-order valence-electron chi connectivity index (χ0n) is 8.11. The van der Waals surface area contributed by atoms with E-state index in [4.69, 9.17) is 0 Å². The number of carbonyl (C=O) groups excluding carboxylic acids is 1. The summed E-state index contributed by atoms with van der Waals surface area (Å²) in [6, 6.07) is 0. The first-order valence-electron chi connectivity index (χ1n) is 4.75. The SMILES string of the molecule is CC(C)(C)NC(=O)C1CC12CC2. The standard InChI is InChI=1S/C10H17NO/c1-9(2,3)11-8(12)7-6-10(7)4-5-10/h7H,4-6H2,1-3H3,(H,11,12). The van der Waals surface area contributed by atoms with Crippen molar-refractivity contribution in [1.82, 2.24) is 5.32 Å². The minimum absolute atomic E-state index is 0.0598. The molecule has 2 aliphatic rings. The first-order valence-corrected chi connectivity index (χ1v) is 4.75. The van der Waals surface area contributed by atoms with E-state index in [1.54, 1.807) is 0 Å². The van der Waals surface area contributed by atoms with Crippen molar-refractivity contribution < 1.29 is 4.79 Å². The van der Waals surface area contributed by atoms with Crippen LogP contribution in [0.15, 0.2) is 0 Å². The Bertz CT molecular complexity index is 222. The molecule has 0 saturated heterocycles. The zero-order valence-corrected chi connectivity index (χ0v) is 8.11. The van der Waals surface area contributed by atoms with Crippen molar-refractivity contribution in [3.63, 3.8) is 0 Å². The van der Waals surface area contributed by atoms with Gasteiger partial charge in [0.25, 0.3) is 0 Å². The summed E-state index contributed by atoms with van der Waals surface area (Å²) in [5.41, 5.74) is 0.436. The maximum atomic E-state index is 11.6. The maximum Gasteiger partial charge on any atom is 0.224 e. The molecule has 0 radical (unpaired) electrons. The normalized spacial score (nSPS) is 30.1. The van der Waals surface area contributed by atoms with Crippen molar-refractivity contribution in [3.05, 3.63) is 0 Å². The van der Waals surface area contributed by atoms with Gasteiger partial charge in [-0.3, -0.25) is 4.79 Å². The van der Waals surface area contributed by atoms with Gasteiger partial charge in [0.1, 0.15) is 0 Å². The first-order chi connectivity index (χ1) is 5.43. The van der Waals surface area contributed by atoms with Crippen LogP contribution in [-0.4, -0.2) is 11.4 Å². The molecule has 2 aliphatic carbocycles. The lowest BCUT2D eigenvalue weighted by Gasteiger charge is -2.20. The molecule has 1 unspecified atom stereocenters. The Morgan fingerprint density at radius 1 is 1.42 bits per heavy atom. The molecule has 0 aromatic carbocycles. The summed E-state index contributed by atoms with van der Waals surface area (Å²) in [5, 5.41) is 3.04. The summed E-state index contributed by atoms with van der Waals surface area (Å²) in [6.45, 7) is 6.10. The molecular weight excluding hydrogens is 150 g/mol. The first kappa shape index (κ1) is 8.09. The zero-order chi connectivity index (χ0) is 8.98. The molecule has 2 rings (SSSR count). The Labute approximate surface area is 73.7 Å². The molecule has 12 heavy (non-hydrogen) atoms. The lowest BCUT2D eigenvalue weighted by Crippen LogP contribution is -2.41. The number of rotatable bonds is 1. The highest BCUT2D eigenvalue weighted by Gasteiger charge is 2.65. The fraction of sp³-hybridized carbons (Fsp3) is 0.900. The highest BCUT2D eigenvalue weighted by atomic mass is 16.2. The van der Waals surface area contributed by atoms with E-state index in [1.807, 2.05) is 20.8 Å². The third kappa shape index (κ3) is 1.35. The number of nitrogens with one attached hydrogen (secondary N) is 1. The van der Waals surface area contributed by atoms with Crippen LogP contribution in [-0.2, 0) is 4.79 Å². The largest absolute Gasteiger partial charge is 0.351 e. The predicted molar refractivity (Wildman–Crippen MR) is 47.7 cm³/mol. The summed E-state index contributed by atoms with van der Waals surface area (Å²) in [4.78, 5) is 11.6. The van der Waals surface area contributed by atoms with Crippen LogP contribution in [0.25, 0.3) is 0 Å². The van der Waals surface area contributed by atoms with Gasteiger partial charge in [-0.15, -0.1) is 0 Å². The van der Waals surface area contributed by atoms with Gasteiger partial charge >= 0.3 is 0 Å². The number of amides is 1. The van der Waals surface area contributed by atoms with Crippen molar-refractivity contribution in [2.24, 2.45) is 11.3 Å². The second-order valence-corrected chi connectivity index (χ2v) is 5.36. The third-order valence-corrected chi connectivity index (χ3v) is 2.90. The molecule has 0 aromatic heterocycles. The minimum atomic E-state index is -0.0598. The summed E-state index contributed by atoms with van der Waals surface area (Å²) < 4.78 is 0. The molecule has 0 aromatic rings. The van der Waals surface area contributed by atoms with Gasteiger partial charge in [0, 0.05) is 11.5 Å². The van der Waals surface area contributed by atoms with E-state index >= 15 is 0 Å². The minimum Gasteiger partial charge on any atom is -0.351 e. The van der Waals surface area contributed by atoms with Gasteiger partial charge < -0.3 is 5.32 Å². The van der Waals surface area contributed by atoms with Gasteiger partial charge in [0.2, 0.25) is 5.91 Å². The molecule has 1 spiro atoms. The molecule has 2 saturated carbocycles. The van der Waals surface area contributed by atoms with Gasteiger partial charge in [-0.1, -0.05) is 0 Å². The Hall–Kier alpha value is -0.530. The lowest BCUT2D eigenvalue weighted by atomic mass is 10.1. The molecule has 0 aliphatic heterocycles. The highest BCUT2D eigenvalue weighted by Crippen LogP contribution is 2.70. The topological polar surface area (TPSA) is 29.1 Å². The van der Waals surface area contributed by atoms with Gasteiger partial charge in [0.05, 0.1) is 0 Å². The smallest absolute Gasteiger partial charge is 0.224 e. The number of hydrogen-bond donors (Lipinski definition) is 1. The molecule has 1 N–H and O–H groups in total. The van der Waals surface area contributed by atoms with Gasteiger partial charge in [0.15, 0.2) is 0 Å². The van der Waals surface area contributed by atoms with Crippen molar-refractivity contribution in [2.75, 3.05) is 0 Å². The molecule has 1 amide bonds. The van der Waals surface area contributed by atoms with Gasteiger partial charge in [-0.2, -0.15) is 0 Å². The summed E-state index contributed by atoms with van der Waals surface area (Å²) in [6.07, 6.45) is 3.72. The molecule has 2 nitrogen and oxygen atoms in total. The molecule has 2 fully saturated rings. The van der Waals surface area contributed by atoms with Crippen molar-refractivity contribution in [3.8, 4) is 0 Å². The van der Waals surface area contributed by atoms with Crippen molar-refractivity contribution in [2.45, 2.75) is 45.6 Å². The van der Waals surface area contributed by atoms with E-state index in [0.29, 0.717) is 11.3 Å². The maximum absolute atomic E-state index is 11.6. The van der Waals surface area contributed by atoms with Gasteiger partial charge in [-0.05, 0) is 45.4 Å². The molecule has 0 bridgehead atoms. The predicted octanol–water partition coefficient (Wildman–Crippen LogP) is 1.70. The Morgan fingerprint density at radius 2 is 2.00 bits per heavy atom. The van der Waals surface area contributed by atoms with Gasteiger partial charge in [-0.25, -0.2) is 0 Å². The quantitative estimate of drug-likeness (QED) is 0.632. The Morgan fingerprint density at radius 3 is 2.33 bits per heavy atom. The van der Waals surface area contributed by atoms with Crippen LogP contribution in [0.4, 0.5) is 0 Å². The van der Waals surface area contributed by atoms with E-state index in [0.717, 1.165) is 6.42 Å². The second kappa shape index (κ2) is 2.04. The van der Waals surface area contributed by atoms with Crippen LogP contribution >= 0.6 is 0 Å². The monoisotopic (exact) mass is 167 g/mol. The van der Waals surface area contributed by atoms with Crippen LogP contribution in [0.3, 0.4) is 0 Å². The third-order valence-electron chi connectivity index (χ3n) is 2.90. The molecule has 1 atom stereocenters.